The molecule has 2 aromatic carbocycles. The number of rotatable bonds is 8. The van der Waals surface area contributed by atoms with Crippen LogP contribution in [0.15, 0.2) is 48.5 Å². The Morgan fingerprint density at radius 3 is 2.19 bits per heavy atom. The van der Waals surface area contributed by atoms with Gasteiger partial charge in [-0.2, -0.15) is 0 Å². The van der Waals surface area contributed by atoms with Crippen LogP contribution >= 0.6 is 0 Å². The highest BCUT2D eigenvalue weighted by molar-refractivity contribution is 6.01. The molecule has 0 aromatic heterocycles. The van der Waals surface area contributed by atoms with Gasteiger partial charge in [-0.05, 0) is 43.0 Å². The predicted molar refractivity (Wildman–Crippen MR) is 115 cm³/mol. The van der Waals surface area contributed by atoms with Crippen LogP contribution in [-0.2, 0) is 27.3 Å². The van der Waals surface area contributed by atoms with E-state index in [-0.39, 0.29) is 18.0 Å². The number of amides is 3. The molecular weight excluding hydrogens is 416 g/mol. The van der Waals surface area contributed by atoms with Crippen LogP contribution in [0.5, 0.6) is 0 Å². The van der Waals surface area contributed by atoms with Crippen molar-refractivity contribution < 1.29 is 23.2 Å². The average Bonchev–Trinajstić information content (AvgIpc) is 3.31. The number of nitrogens with one attached hydrogen (secondary N) is 2. The number of carbonyl (C=O) groups excluding carboxylic acids is 3. The third-order valence-corrected chi connectivity index (χ3v) is 5.49. The normalized spacial score (nSPS) is 15.2. The van der Waals surface area contributed by atoms with E-state index < -0.39 is 35.4 Å². The first kappa shape index (κ1) is 23.4. The Balaban J connectivity index is 1.62. The number of halogens is 2. The van der Waals surface area contributed by atoms with Gasteiger partial charge in [0.05, 0.1) is 0 Å². The van der Waals surface area contributed by atoms with Crippen molar-refractivity contribution in [3.63, 3.8) is 0 Å². The number of nitrogens with zero attached hydrogens (tertiary/aromatic N) is 1. The molecule has 2 unspecified atom stereocenters. The topological polar surface area (TPSA) is 78.5 Å². The third kappa shape index (κ3) is 6.35. The van der Waals surface area contributed by atoms with Crippen LogP contribution in [0.1, 0.15) is 30.9 Å². The average molecular weight is 443 g/mol. The highest BCUT2D eigenvalue weighted by Crippen LogP contribution is 2.13. The Morgan fingerprint density at radius 1 is 0.938 bits per heavy atom. The highest BCUT2D eigenvalue weighted by atomic mass is 19.1. The fourth-order valence-corrected chi connectivity index (χ4v) is 3.68. The first-order chi connectivity index (χ1) is 15.3. The van der Waals surface area contributed by atoms with Gasteiger partial charge >= 0.3 is 0 Å². The molecule has 3 rings (SSSR count). The lowest BCUT2D eigenvalue weighted by Gasteiger charge is -2.25. The summed E-state index contributed by atoms with van der Waals surface area (Å²) in [5, 5.41) is 5.24. The first-order valence-electron chi connectivity index (χ1n) is 10.7. The highest BCUT2D eigenvalue weighted by Gasteiger charge is 2.31. The molecule has 1 aliphatic heterocycles. The van der Waals surface area contributed by atoms with Crippen LogP contribution in [0.3, 0.4) is 0 Å². The minimum absolute atomic E-state index is 0.120. The van der Waals surface area contributed by atoms with E-state index in [1.807, 2.05) is 30.3 Å². The van der Waals surface area contributed by atoms with Crippen LogP contribution in [0.2, 0.25) is 0 Å². The quantitative estimate of drug-likeness (QED) is 0.616. The van der Waals surface area contributed by atoms with Gasteiger partial charge in [-0.15, -0.1) is 0 Å². The second kappa shape index (κ2) is 10.8. The summed E-state index contributed by atoms with van der Waals surface area (Å²) in [4.78, 5) is 39.9. The molecule has 2 atom stereocenters. The van der Waals surface area contributed by atoms with Crippen molar-refractivity contribution in [1.82, 2.24) is 15.5 Å². The van der Waals surface area contributed by atoms with E-state index >= 15 is 0 Å². The SMILES string of the molecule is CC(C(=O)NCc1cc(F)cc(F)c1)C(=O)NC(Cc1ccccc1)C(=O)N1CCCC1. The van der Waals surface area contributed by atoms with Gasteiger partial charge in [-0.1, -0.05) is 30.3 Å². The third-order valence-electron chi connectivity index (χ3n) is 5.49. The molecule has 0 radical (unpaired) electrons. The van der Waals surface area contributed by atoms with Crippen LogP contribution in [0, 0.1) is 17.6 Å². The van der Waals surface area contributed by atoms with Crippen LogP contribution < -0.4 is 10.6 Å². The molecule has 3 amide bonds. The largest absolute Gasteiger partial charge is 0.351 e. The van der Waals surface area contributed by atoms with E-state index in [4.69, 9.17) is 0 Å². The molecule has 32 heavy (non-hydrogen) atoms. The number of likely N-dealkylation sites (tertiary alicyclic amines) is 1. The molecule has 1 fully saturated rings. The molecule has 8 heteroatoms. The Labute approximate surface area is 186 Å². The first-order valence-corrected chi connectivity index (χ1v) is 10.7. The molecule has 0 bridgehead atoms. The van der Waals surface area contributed by atoms with Gasteiger partial charge in [0.25, 0.3) is 0 Å². The van der Waals surface area contributed by atoms with Crippen LogP contribution in [0.25, 0.3) is 0 Å². The van der Waals surface area contributed by atoms with E-state index in [1.165, 1.54) is 6.92 Å². The zero-order chi connectivity index (χ0) is 23.1. The standard InChI is InChI=1S/C24H27F2N3O3/c1-16(22(30)27-15-18-11-19(25)14-20(26)12-18)23(31)28-21(13-17-7-3-2-4-8-17)24(32)29-9-5-6-10-29/h2-4,7-8,11-12,14,16,21H,5-6,9-10,13,15H2,1H3,(H,27,30)(H,28,31). The summed E-state index contributed by atoms with van der Waals surface area (Å²) in [7, 11) is 0. The zero-order valence-corrected chi connectivity index (χ0v) is 17.9. The molecule has 0 saturated carbocycles. The van der Waals surface area contributed by atoms with Gasteiger partial charge in [0.15, 0.2) is 0 Å². The summed E-state index contributed by atoms with van der Waals surface area (Å²) in [6.45, 7) is 2.61. The molecule has 0 aliphatic carbocycles. The monoisotopic (exact) mass is 443 g/mol. The van der Waals surface area contributed by atoms with E-state index in [9.17, 15) is 23.2 Å². The smallest absolute Gasteiger partial charge is 0.245 e. The Bertz CT molecular complexity index is 942. The van der Waals surface area contributed by atoms with Crippen molar-refractivity contribution >= 4 is 17.7 Å². The van der Waals surface area contributed by atoms with E-state index in [1.54, 1.807) is 4.90 Å². The molecule has 170 valence electrons. The van der Waals surface area contributed by atoms with Crippen molar-refractivity contribution in [1.29, 1.82) is 0 Å². The van der Waals surface area contributed by atoms with Gasteiger partial charge in [0, 0.05) is 32.1 Å². The lowest BCUT2D eigenvalue weighted by molar-refractivity contribution is -0.139. The summed E-state index contributed by atoms with van der Waals surface area (Å²) in [5.74, 6) is -3.92. The number of hydrogen-bond acceptors (Lipinski definition) is 3. The van der Waals surface area contributed by atoms with Crippen LogP contribution in [0.4, 0.5) is 8.78 Å². The van der Waals surface area contributed by atoms with Crippen molar-refractivity contribution in [3.8, 4) is 0 Å². The van der Waals surface area contributed by atoms with Gasteiger partial charge in [0.2, 0.25) is 17.7 Å². The van der Waals surface area contributed by atoms with Crippen molar-refractivity contribution in [2.75, 3.05) is 13.1 Å². The molecule has 1 saturated heterocycles. The minimum atomic E-state index is -1.09. The van der Waals surface area contributed by atoms with Crippen molar-refractivity contribution in [2.45, 2.75) is 38.8 Å². The van der Waals surface area contributed by atoms with Gasteiger partial charge in [-0.3, -0.25) is 14.4 Å². The Kier molecular flexibility index (Phi) is 7.92. The summed E-state index contributed by atoms with van der Waals surface area (Å²) in [6, 6.07) is 11.5. The molecule has 2 N–H and O–H groups in total. The van der Waals surface area contributed by atoms with E-state index in [0.29, 0.717) is 19.5 Å². The lowest BCUT2D eigenvalue weighted by atomic mass is 10.0. The fraction of sp³-hybridized carbons (Fsp3) is 0.375. The van der Waals surface area contributed by atoms with Gasteiger partial charge < -0.3 is 15.5 Å². The second-order valence-corrected chi connectivity index (χ2v) is 8.00. The maximum Gasteiger partial charge on any atom is 0.245 e. The summed E-state index contributed by atoms with van der Waals surface area (Å²) < 4.78 is 26.6. The predicted octanol–water partition coefficient (Wildman–Crippen LogP) is 2.57. The van der Waals surface area contributed by atoms with Gasteiger partial charge in [-0.25, -0.2) is 8.78 Å². The molecule has 2 aromatic rings. The molecular formula is C24H27F2N3O3. The Morgan fingerprint density at radius 2 is 1.56 bits per heavy atom. The lowest BCUT2D eigenvalue weighted by Crippen LogP contribution is -2.51. The van der Waals surface area contributed by atoms with E-state index in [2.05, 4.69) is 10.6 Å². The fourth-order valence-electron chi connectivity index (χ4n) is 3.68. The van der Waals surface area contributed by atoms with Crippen molar-refractivity contribution in [2.24, 2.45) is 5.92 Å². The molecule has 0 spiro atoms. The number of benzene rings is 2. The van der Waals surface area contributed by atoms with E-state index in [0.717, 1.165) is 36.6 Å². The Hall–Kier alpha value is -3.29. The number of hydrogen-bond donors (Lipinski definition) is 2. The summed E-state index contributed by atoms with van der Waals surface area (Å²) >= 11 is 0. The molecule has 1 aliphatic rings. The zero-order valence-electron chi connectivity index (χ0n) is 17.9. The van der Waals surface area contributed by atoms with Crippen molar-refractivity contribution in [3.05, 3.63) is 71.3 Å². The molecule has 6 nitrogen and oxygen atoms in total. The number of carbonyl (C=O) groups is 3. The second-order valence-electron chi connectivity index (χ2n) is 8.00. The maximum absolute atomic E-state index is 13.3. The minimum Gasteiger partial charge on any atom is -0.351 e. The maximum atomic E-state index is 13.3. The van der Waals surface area contributed by atoms with Gasteiger partial charge in [0.1, 0.15) is 23.6 Å². The van der Waals surface area contributed by atoms with Crippen LogP contribution in [-0.4, -0.2) is 41.8 Å². The summed E-state index contributed by atoms with van der Waals surface area (Å²) in [5.41, 5.74) is 1.14. The molecule has 1 heterocycles. The summed E-state index contributed by atoms with van der Waals surface area (Å²) in [6.07, 6.45) is 2.17.